The Hall–Kier alpha value is -2.37. The van der Waals surface area contributed by atoms with Crippen LogP contribution in [0.1, 0.15) is 30.5 Å². The summed E-state index contributed by atoms with van der Waals surface area (Å²) in [7, 11) is 0. The molecule has 0 unspecified atom stereocenters. The number of carbonyl (C=O) groups excluding carboxylic acids is 1. The normalized spacial score (nSPS) is 15.7. The molecule has 1 heterocycles. The van der Waals surface area contributed by atoms with Gasteiger partial charge in [-0.05, 0) is 25.0 Å². The van der Waals surface area contributed by atoms with E-state index in [1.807, 2.05) is 0 Å². The molecule has 1 aromatic heterocycles. The quantitative estimate of drug-likeness (QED) is 0.922. The second kappa shape index (κ2) is 6.40. The molecule has 1 N–H and O–H groups in total. The molecule has 0 saturated heterocycles. The number of benzene rings is 1. The van der Waals surface area contributed by atoms with E-state index in [1.165, 1.54) is 18.2 Å². The van der Waals surface area contributed by atoms with E-state index in [-0.39, 0.29) is 11.5 Å². The molecule has 6 heteroatoms. The Morgan fingerprint density at radius 1 is 1.22 bits per heavy atom. The van der Waals surface area contributed by atoms with Crippen molar-refractivity contribution >= 4 is 5.91 Å². The van der Waals surface area contributed by atoms with Crippen molar-refractivity contribution < 1.29 is 13.6 Å². The Kier molecular flexibility index (Phi) is 4.32. The fraction of sp³-hybridized carbons (Fsp3) is 0.353. The van der Waals surface area contributed by atoms with Crippen LogP contribution < -0.4 is 5.32 Å². The van der Waals surface area contributed by atoms with Crippen molar-refractivity contribution in [3.63, 3.8) is 0 Å². The predicted molar refractivity (Wildman–Crippen MR) is 80.6 cm³/mol. The largest absolute Gasteiger partial charge is 0.355 e. The summed E-state index contributed by atoms with van der Waals surface area (Å²) in [5.41, 5.74) is -0.437. The first kappa shape index (κ1) is 15.5. The standard InChI is InChI=1S/C17H17F2N3O/c18-13-3-1-4-14(19)15(13)17(6-2-7-17)16(23)22-8-5-12-11-20-9-10-21-12/h1,3-4,9-11H,2,5-8H2,(H,22,23). The zero-order valence-electron chi connectivity index (χ0n) is 12.6. The molecule has 2 aromatic rings. The van der Waals surface area contributed by atoms with E-state index in [1.54, 1.807) is 18.6 Å². The summed E-state index contributed by atoms with van der Waals surface area (Å²) in [5, 5.41) is 2.79. The number of nitrogens with one attached hydrogen (secondary N) is 1. The van der Waals surface area contributed by atoms with Crippen molar-refractivity contribution in [2.75, 3.05) is 6.54 Å². The van der Waals surface area contributed by atoms with Gasteiger partial charge in [0.25, 0.3) is 0 Å². The highest BCUT2D eigenvalue weighted by atomic mass is 19.1. The number of amides is 1. The van der Waals surface area contributed by atoms with Crippen LogP contribution in [0.3, 0.4) is 0 Å². The Labute approximate surface area is 133 Å². The number of nitrogens with zero attached hydrogens (tertiary/aromatic N) is 2. The second-order valence-electron chi connectivity index (χ2n) is 5.73. The number of rotatable bonds is 5. The van der Waals surface area contributed by atoms with Crippen LogP contribution in [0.4, 0.5) is 8.78 Å². The van der Waals surface area contributed by atoms with E-state index >= 15 is 0 Å². The van der Waals surface area contributed by atoms with Gasteiger partial charge in [0.15, 0.2) is 0 Å². The number of halogens is 2. The van der Waals surface area contributed by atoms with Gasteiger partial charge < -0.3 is 5.32 Å². The van der Waals surface area contributed by atoms with Crippen LogP contribution in [0.25, 0.3) is 0 Å². The van der Waals surface area contributed by atoms with Crippen LogP contribution in [-0.2, 0) is 16.6 Å². The molecule has 0 atom stereocenters. The highest BCUT2D eigenvalue weighted by molar-refractivity contribution is 5.89. The summed E-state index contributed by atoms with van der Waals surface area (Å²) in [4.78, 5) is 20.6. The van der Waals surface area contributed by atoms with Gasteiger partial charge >= 0.3 is 0 Å². The predicted octanol–water partition coefficient (Wildman–Crippen LogP) is 2.54. The van der Waals surface area contributed by atoms with Crippen molar-refractivity contribution in [1.29, 1.82) is 0 Å². The van der Waals surface area contributed by atoms with Crippen molar-refractivity contribution in [2.24, 2.45) is 0 Å². The van der Waals surface area contributed by atoms with Gasteiger partial charge in [-0.1, -0.05) is 12.5 Å². The molecule has 1 saturated carbocycles. The van der Waals surface area contributed by atoms with E-state index in [0.717, 1.165) is 12.1 Å². The molecule has 3 rings (SSSR count). The van der Waals surface area contributed by atoms with Crippen LogP contribution in [-0.4, -0.2) is 22.4 Å². The molecule has 120 valence electrons. The zero-order valence-corrected chi connectivity index (χ0v) is 12.6. The van der Waals surface area contributed by atoms with Crippen molar-refractivity contribution in [3.8, 4) is 0 Å². The Balaban J connectivity index is 1.72. The third-order valence-corrected chi connectivity index (χ3v) is 4.37. The van der Waals surface area contributed by atoms with Crippen LogP contribution in [0.2, 0.25) is 0 Å². The SMILES string of the molecule is O=C(NCCc1cnccn1)C1(c2c(F)cccc2F)CCC1. The van der Waals surface area contributed by atoms with Crippen molar-refractivity contribution in [2.45, 2.75) is 31.1 Å². The molecule has 1 aliphatic carbocycles. The molecule has 0 bridgehead atoms. The smallest absolute Gasteiger partial charge is 0.230 e. The molecule has 1 fully saturated rings. The molecule has 4 nitrogen and oxygen atoms in total. The summed E-state index contributed by atoms with van der Waals surface area (Å²) in [6.07, 6.45) is 7.01. The molecular formula is C17H17F2N3O. The lowest BCUT2D eigenvalue weighted by molar-refractivity contribution is -0.130. The fourth-order valence-corrected chi connectivity index (χ4v) is 3.01. The molecular weight excluding hydrogens is 300 g/mol. The molecule has 23 heavy (non-hydrogen) atoms. The molecule has 0 radical (unpaired) electrons. The van der Waals surface area contributed by atoms with Gasteiger partial charge in [0.2, 0.25) is 5.91 Å². The van der Waals surface area contributed by atoms with E-state index in [4.69, 9.17) is 0 Å². The minimum atomic E-state index is -1.09. The van der Waals surface area contributed by atoms with E-state index in [9.17, 15) is 13.6 Å². The highest BCUT2D eigenvalue weighted by Crippen LogP contribution is 2.45. The summed E-state index contributed by atoms with van der Waals surface area (Å²) >= 11 is 0. The van der Waals surface area contributed by atoms with E-state index < -0.39 is 17.0 Å². The van der Waals surface area contributed by atoms with Gasteiger partial charge in [-0.2, -0.15) is 0 Å². The topological polar surface area (TPSA) is 54.9 Å². The second-order valence-corrected chi connectivity index (χ2v) is 5.73. The number of aromatic nitrogens is 2. The maximum Gasteiger partial charge on any atom is 0.230 e. The molecule has 1 aromatic carbocycles. The Morgan fingerprint density at radius 2 is 1.96 bits per heavy atom. The molecule has 1 aliphatic rings. The van der Waals surface area contributed by atoms with Gasteiger partial charge in [0.05, 0.1) is 11.1 Å². The maximum absolute atomic E-state index is 14.1. The Bertz CT molecular complexity index is 682. The van der Waals surface area contributed by atoms with E-state index in [2.05, 4.69) is 15.3 Å². The molecule has 1 amide bonds. The first-order valence-electron chi connectivity index (χ1n) is 7.61. The average Bonchev–Trinajstić information content (AvgIpc) is 2.50. The maximum atomic E-state index is 14.1. The van der Waals surface area contributed by atoms with Gasteiger partial charge in [-0.3, -0.25) is 14.8 Å². The first-order chi connectivity index (χ1) is 11.1. The monoisotopic (exact) mass is 317 g/mol. The minimum Gasteiger partial charge on any atom is -0.355 e. The lowest BCUT2D eigenvalue weighted by Gasteiger charge is -2.40. The van der Waals surface area contributed by atoms with Crippen molar-refractivity contribution in [1.82, 2.24) is 15.3 Å². The van der Waals surface area contributed by atoms with Gasteiger partial charge in [-0.15, -0.1) is 0 Å². The van der Waals surface area contributed by atoms with Gasteiger partial charge in [-0.25, -0.2) is 8.78 Å². The van der Waals surface area contributed by atoms with Gasteiger partial charge in [0, 0.05) is 37.1 Å². The molecule has 0 spiro atoms. The third kappa shape index (κ3) is 2.93. The summed E-state index contributed by atoms with van der Waals surface area (Å²) < 4.78 is 28.2. The third-order valence-electron chi connectivity index (χ3n) is 4.37. The zero-order chi connectivity index (χ0) is 16.3. The van der Waals surface area contributed by atoms with Crippen molar-refractivity contribution in [3.05, 3.63) is 59.7 Å². The van der Waals surface area contributed by atoms with E-state index in [0.29, 0.717) is 25.8 Å². The lowest BCUT2D eigenvalue weighted by atomic mass is 9.63. The fourth-order valence-electron chi connectivity index (χ4n) is 3.01. The van der Waals surface area contributed by atoms with Crippen LogP contribution in [0, 0.1) is 11.6 Å². The number of carbonyl (C=O) groups is 1. The highest BCUT2D eigenvalue weighted by Gasteiger charge is 2.48. The van der Waals surface area contributed by atoms with Crippen LogP contribution in [0.5, 0.6) is 0 Å². The summed E-state index contributed by atoms with van der Waals surface area (Å²) in [5.74, 6) is -1.64. The van der Waals surface area contributed by atoms with Gasteiger partial charge in [0.1, 0.15) is 11.6 Å². The average molecular weight is 317 g/mol. The number of hydrogen-bond acceptors (Lipinski definition) is 3. The summed E-state index contributed by atoms with van der Waals surface area (Å²) in [6.45, 7) is 0.356. The van der Waals surface area contributed by atoms with Crippen LogP contribution in [0.15, 0.2) is 36.8 Å². The number of hydrogen-bond donors (Lipinski definition) is 1. The Morgan fingerprint density at radius 3 is 2.52 bits per heavy atom. The molecule has 0 aliphatic heterocycles. The minimum absolute atomic E-state index is 0.108. The first-order valence-corrected chi connectivity index (χ1v) is 7.61. The summed E-state index contributed by atoms with van der Waals surface area (Å²) in [6, 6.07) is 3.71. The van der Waals surface area contributed by atoms with Crippen LogP contribution >= 0.6 is 0 Å². The lowest BCUT2D eigenvalue weighted by Crippen LogP contribution is -2.50.